The Hall–Kier alpha value is -1.29. The molecule has 0 unspecified atom stereocenters. The molecule has 0 saturated carbocycles. The average molecular weight is 312 g/mol. The second-order valence-corrected chi connectivity index (χ2v) is 4.48. The summed E-state index contributed by atoms with van der Waals surface area (Å²) in [4.78, 5) is 6.37. The van der Waals surface area contributed by atoms with Gasteiger partial charge in [0.25, 0.3) is 0 Å². The zero-order chi connectivity index (χ0) is 17.2. The number of pyridine rings is 1. The Morgan fingerprint density at radius 1 is 1.14 bits per heavy atom. The molecule has 1 fully saturated rings. The maximum atomic E-state index is 4.95. The maximum absolute atomic E-state index is 4.95. The van der Waals surface area contributed by atoms with Crippen molar-refractivity contribution in [2.45, 2.75) is 53.9 Å². The first-order chi connectivity index (χ1) is 10.8. The molecule has 1 aromatic heterocycles. The first-order valence-electron chi connectivity index (χ1n) is 8.68. The molecule has 4 nitrogen and oxygen atoms in total. The standard InChI is InChI=1S/C8H12N2O.C6H13N.2C2H6/c1-3-9-7-4-5-10-8(6-7)11-2;1-7-5-3-2-4-6-7;2*1-2/h4-6H,3H2,1-2H3,(H,9,10);2-6H2,1H3;2*1-2H3. The largest absolute Gasteiger partial charge is 0.481 e. The van der Waals surface area contributed by atoms with E-state index in [1.807, 2.05) is 46.8 Å². The number of ether oxygens (including phenoxy) is 1. The van der Waals surface area contributed by atoms with Crippen molar-refractivity contribution in [3.63, 3.8) is 0 Å². The Bertz CT molecular complexity index is 326. The molecule has 2 heterocycles. The molecule has 1 aromatic rings. The molecule has 0 spiro atoms. The van der Waals surface area contributed by atoms with E-state index in [9.17, 15) is 0 Å². The number of aromatic nitrogens is 1. The third-order valence-corrected chi connectivity index (χ3v) is 2.90. The highest BCUT2D eigenvalue weighted by Gasteiger charge is 2.02. The smallest absolute Gasteiger partial charge is 0.214 e. The van der Waals surface area contributed by atoms with E-state index >= 15 is 0 Å². The van der Waals surface area contributed by atoms with Crippen LogP contribution in [0.15, 0.2) is 18.3 Å². The number of methoxy groups -OCH3 is 1. The maximum Gasteiger partial charge on any atom is 0.214 e. The fourth-order valence-electron chi connectivity index (χ4n) is 1.89. The van der Waals surface area contributed by atoms with Crippen molar-refractivity contribution in [1.82, 2.24) is 9.88 Å². The molecular formula is C18H37N3O. The molecule has 0 bridgehead atoms. The van der Waals surface area contributed by atoms with E-state index in [0.717, 1.165) is 12.2 Å². The molecule has 2 rings (SSSR count). The summed E-state index contributed by atoms with van der Waals surface area (Å²) in [5, 5.41) is 3.16. The monoisotopic (exact) mass is 311 g/mol. The Morgan fingerprint density at radius 3 is 2.14 bits per heavy atom. The SMILES string of the molecule is CC.CC.CCNc1ccnc(OC)c1.CN1CCCCC1. The molecule has 130 valence electrons. The van der Waals surface area contributed by atoms with Crippen LogP contribution in [0, 0.1) is 0 Å². The van der Waals surface area contributed by atoms with Crippen LogP contribution in [0.5, 0.6) is 5.88 Å². The Balaban J connectivity index is 0. The van der Waals surface area contributed by atoms with Crippen molar-refractivity contribution in [3.8, 4) is 5.88 Å². The molecule has 1 aliphatic heterocycles. The van der Waals surface area contributed by atoms with Gasteiger partial charge in [-0.1, -0.05) is 34.1 Å². The van der Waals surface area contributed by atoms with Gasteiger partial charge >= 0.3 is 0 Å². The molecule has 1 N–H and O–H groups in total. The minimum atomic E-state index is 0.642. The molecule has 0 radical (unpaired) electrons. The van der Waals surface area contributed by atoms with Gasteiger partial charge in [-0.15, -0.1) is 0 Å². The molecule has 0 aromatic carbocycles. The van der Waals surface area contributed by atoms with Crippen molar-refractivity contribution < 1.29 is 4.74 Å². The minimum absolute atomic E-state index is 0.642. The molecule has 1 saturated heterocycles. The van der Waals surface area contributed by atoms with Crippen molar-refractivity contribution in [2.24, 2.45) is 0 Å². The Morgan fingerprint density at radius 2 is 1.73 bits per heavy atom. The average Bonchev–Trinajstić information content (AvgIpc) is 2.60. The van der Waals surface area contributed by atoms with Gasteiger partial charge in [-0.25, -0.2) is 4.98 Å². The van der Waals surface area contributed by atoms with Crippen molar-refractivity contribution in [2.75, 3.05) is 39.1 Å². The summed E-state index contributed by atoms with van der Waals surface area (Å²) < 4.78 is 4.95. The molecule has 0 aliphatic carbocycles. The second-order valence-electron chi connectivity index (χ2n) is 4.48. The minimum Gasteiger partial charge on any atom is -0.481 e. The zero-order valence-corrected chi connectivity index (χ0v) is 15.8. The highest BCUT2D eigenvalue weighted by Crippen LogP contribution is 2.12. The van der Waals surface area contributed by atoms with E-state index in [1.165, 1.54) is 32.4 Å². The number of anilines is 1. The lowest BCUT2D eigenvalue weighted by Crippen LogP contribution is -2.24. The van der Waals surface area contributed by atoms with Crippen LogP contribution in [0.25, 0.3) is 0 Å². The van der Waals surface area contributed by atoms with E-state index in [4.69, 9.17) is 4.74 Å². The van der Waals surface area contributed by atoms with Gasteiger partial charge in [-0.05, 0) is 46.0 Å². The fraction of sp³-hybridized carbons (Fsp3) is 0.722. The van der Waals surface area contributed by atoms with Crippen LogP contribution in [0.2, 0.25) is 0 Å². The summed E-state index contributed by atoms with van der Waals surface area (Å²) in [6.45, 7) is 13.6. The lowest BCUT2D eigenvalue weighted by Gasteiger charge is -2.20. The zero-order valence-electron chi connectivity index (χ0n) is 15.8. The van der Waals surface area contributed by atoms with Crippen LogP contribution in [0.3, 0.4) is 0 Å². The molecule has 4 heteroatoms. The number of nitrogens with zero attached hydrogens (tertiary/aromatic N) is 2. The number of hydrogen-bond donors (Lipinski definition) is 1. The number of hydrogen-bond acceptors (Lipinski definition) is 4. The quantitative estimate of drug-likeness (QED) is 0.879. The second kappa shape index (κ2) is 17.8. The van der Waals surface area contributed by atoms with Gasteiger partial charge in [-0.2, -0.15) is 0 Å². The summed E-state index contributed by atoms with van der Waals surface area (Å²) in [5.74, 6) is 0.642. The van der Waals surface area contributed by atoms with Crippen molar-refractivity contribution in [1.29, 1.82) is 0 Å². The van der Waals surface area contributed by atoms with Gasteiger partial charge in [0, 0.05) is 24.5 Å². The normalized spacial score (nSPS) is 13.2. The van der Waals surface area contributed by atoms with Crippen LogP contribution in [0.1, 0.15) is 53.9 Å². The van der Waals surface area contributed by atoms with Gasteiger partial charge < -0.3 is 15.0 Å². The van der Waals surface area contributed by atoms with E-state index in [0.29, 0.717) is 5.88 Å². The third-order valence-electron chi connectivity index (χ3n) is 2.90. The molecular weight excluding hydrogens is 274 g/mol. The number of rotatable bonds is 3. The molecule has 1 aliphatic rings. The summed E-state index contributed by atoms with van der Waals surface area (Å²) in [7, 11) is 3.80. The van der Waals surface area contributed by atoms with E-state index in [2.05, 4.69) is 22.2 Å². The summed E-state index contributed by atoms with van der Waals surface area (Å²) in [5.41, 5.74) is 1.04. The van der Waals surface area contributed by atoms with Crippen LogP contribution in [-0.4, -0.2) is 43.7 Å². The third kappa shape index (κ3) is 12.5. The molecule has 0 atom stereocenters. The number of piperidine rings is 1. The van der Waals surface area contributed by atoms with Crippen LogP contribution in [0.4, 0.5) is 5.69 Å². The highest BCUT2D eigenvalue weighted by atomic mass is 16.5. The van der Waals surface area contributed by atoms with Gasteiger partial charge in [0.1, 0.15) is 0 Å². The topological polar surface area (TPSA) is 37.4 Å². The highest BCUT2D eigenvalue weighted by molar-refractivity contribution is 5.44. The Kier molecular flexibility index (Phi) is 18.6. The lowest BCUT2D eigenvalue weighted by molar-refractivity contribution is 0.277. The number of likely N-dealkylation sites (tertiary alicyclic amines) is 1. The van der Waals surface area contributed by atoms with E-state index in [-0.39, 0.29) is 0 Å². The van der Waals surface area contributed by atoms with E-state index < -0.39 is 0 Å². The summed E-state index contributed by atoms with van der Waals surface area (Å²) in [6, 6.07) is 3.77. The fourth-order valence-corrected chi connectivity index (χ4v) is 1.89. The summed E-state index contributed by atoms with van der Waals surface area (Å²) >= 11 is 0. The van der Waals surface area contributed by atoms with Crippen LogP contribution in [-0.2, 0) is 0 Å². The van der Waals surface area contributed by atoms with Gasteiger partial charge in [0.2, 0.25) is 5.88 Å². The Labute approximate surface area is 138 Å². The predicted molar refractivity (Wildman–Crippen MR) is 99.0 cm³/mol. The molecule has 22 heavy (non-hydrogen) atoms. The van der Waals surface area contributed by atoms with Gasteiger partial charge in [0.05, 0.1) is 7.11 Å². The van der Waals surface area contributed by atoms with Crippen molar-refractivity contribution in [3.05, 3.63) is 18.3 Å². The number of nitrogens with one attached hydrogen (secondary N) is 1. The summed E-state index contributed by atoms with van der Waals surface area (Å²) in [6.07, 6.45) is 5.99. The van der Waals surface area contributed by atoms with Crippen LogP contribution >= 0.6 is 0 Å². The predicted octanol–water partition coefficient (Wildman–Crippen LogP) is 4.68. The molecule has 0 amide bonds. The van der Waals surface area contributed by atoms with Gasteiger partial charge in [-0.3, -0.25) is 0 Å². The van der Waals surface area contributed by atoms with Crippen LogP contribution < -0.4 is 10.1 Å². The first kappa shape index (κ1) is 23.0. The van der Waals surface area contributed by atoms with E-state index in [1.54, 1.807) is 13.3 Å². The van der Waals surface area contributed by atoms with Crippen molar-refractivity contribution >= 4 is 5.69 Å². The first-order valence-corrected chi connectivity index (χ1v) is 8.68. The van der Waals surface area contributed by atoms with Gasteiger partial charge in [0.15, 0.2) is 0 Å². The lowest BCUT2D eigenvalue weighted by atomic mass is 10.1.